The van der Waals surface area contributed by atoms with Gasteiger partial charge in [-0.05, 0) is 86.6 Å². The highest BCUT2D eigenvalue weighted by atomic mass is 16.5. The lowest BCUT2D eigenvalue weighted by Gasteiger charge is -2.25. The van der Waals surface area contributed by atoms with E-state index < -0.39 is 0 Å². The first-order valence-electron chi connectivity index (χ1n) is 10.8. The van der Waals surface area contributed by atoms with Gasteiger partial charge >= 0.3 is 5.97 Å². The predicted molar refractivity (Wildman–Crippen MR) is 121 cm³/mol. The summed E-state index contributed by atoms with van der Waals surface area (Å²) >= 11 is 0. The third-order valence-electron chi connectivity index (χ3n) is 5.65. The number of hydrogen-bond acceptors (Lipinski definition) is 5. The molecule has 6 heteroatoms. The SMILES string of the molecule is CCOC(=N)c1ccc(N(C)C(=O)c2ccc3c(c2)CC(CC(=O)OCC)CC3)cc1. The molecule has 6 nitrogen and oxygen atoms in total. The highest BCUT2D eigenvalue weighted by Gasteiger charge is 2.23. The highest BCUT2D eigenvalue weighted by Crippen LogP contribution is 2.29. The van der Waals surface area contributed by atoms with Gasteiger partial charge in [0, 0.05) is 30.3 Å². The van der Waals surface area contributed by atoms with E-state index in [1.165, 1.54) is 5.56 Å². The molecule has 31 heavy (non-hydrogen) atoms. The quantitative estimate of drug-likeness (QED) is 0.408. The average Bonchev–Trinajstić information content (AvgIpc) is 2.78. The van der Waals surface area contributed by atoms with Crippen LogP contribution in [0.5, 0.6) is 0 Å². The molecule has 0 saturated carbocycles. The van der Waals surface area contributed by atoms with Crippen LogP contribution in [-0.2, 0) is 27.1 Å². The number of nitrogens with zero attached hydrogens (tertiary/aromatic N) is 1. The second kappa shape index (κ2) is 10.2. The fraction of sp³-hybridized carbons (Fsp3) is 0.400. The first-order chi connectivity index (χ1) is 14.9. The van der Waals surface area contributed by atoms with Crippen LogP contribution < -0.4 is 4.90 Å². The lowest BCUT2D eigenvalue weighted by Crippen LogP contribution is -2.27. The minimum Gasteiger partial charge on any atom is -0.478 e. The summed E-state index contributed by atoms with van der Waals surface area (Å²) in [5, 5.41) is 7.87. The van der Waals surface area contributed by atoms with E-state index in [1.54, 1.807) is 24.1 Å². The number of carbonyl (C=O) groups excluding carboxylic acids is 2. The Balaban J connectivity index is 1.71. The molecule has 2 aromatic rings. The monoisotopic (exact) mass is 422 g/mol. The number of carbonyl (C=O) groups is 2. The Bertz CT molecular complexity index is 952. The lowest BCUT2D eigenvalue weighted by atomic mass is 9.81. The van der Waals surface area contributed by atoms with Crippen molar-refractivity contribution in [2.75, 3.05) is 25.2 Å². The summed E-state index contributed by atoms with van der Waals surface area (Å²) < 4.78 is 10.3. The molecule has 0 aliphatic heterocycles. The molecule has 0 radical (unpaired) electrons. The topological polar surface area (TPSA) is 79.7 Å². The van der Waals surface area contributed by atoms with Crippen molar-refractivity contribution in [1.82, 2.24) is 0 Å². The van der Waals surface area contributed by atoms with Crippen molar-refractivity contribution in [3.8, 4) is 0 Å². The maximum atomic E-state index is 13.1. The minimum absolute atomic E-state index is 0.0945. The molecule has 0 aromatic heterocycles. The van der Waals surface area contributed by atoms with Gasteiger partial charge in [0.1, 0.15) is 0 Å². The van der Waals surface area contributed by atoms with Crippen LogP contribution in [0.2, 0.25) is 0 Å². The van der Waals surface area contributed by atoms with Crippen molar-refractivity contribution in [2.45, 2.75) is 39.5 Å². The van der Waals surface area contributed by atoms with Gasteiger partial charge in [-0.25, -0.2) is 0 Å². The largest absolute Gasteiger partial charge is 0.478 e. The molecule has 1 aliphatic rings. The first-order valence-corrected chi connectivity index (χ1v) is 10.8. The highest BCUT2D eigenvalue weighted by molar-refractivity contribution is 6.06. The molecule has 1 aliphatic carbocycles. The Kier molecular flexibility index (Phi) is 7.45. The van der Waals surface area contributed by atoms with Crippen molar-refractivity contribution in [3.63, 3.8) is 0 Å². The minimum atomic E-state index is -0.149. The number of ether oxygens (including phenoxy) is 2. The van der Waals surface area contributed by atoms with Gasteiger partial charge in [0.2, 0.25) is 5.90 Å². The van der Waals surface area contributed by atoms with Crippen LogP contribution in [0.3, 0.4) is 0 Å². The van der Waals surface area contributed by atoms with Gasteiger partial charge in [0.25, 0.3) is 5.91 Å². The van der Waals surface area contributed by atoms with Crippen LogP contribution in [0, 0.1) is 11.3 Å². The Labute approximate surface area is 183 Å². The van der Waals surface area contributed by atoms with E-state index in [4.69, 9.17) is 14.9 Å². The third-order valence-corrected chi connectivity index (χ3v) is 5.65. The molecule has 1 unspecified atom stereocenters. The van der Waals surface area contributed by atoms with Crippen molar-refractivity contribution in [1.29, 1.82) is 5.41 Å². The van der Waals surface area contributed by atoms with Crippen LogP contribution in [0.25, 0.3) is 0 Å². The zero-order chi connectivity index (χ0) is 22.4. The molecule has 0 saturated heterocycles. The van der Waals surface area contributed by atoms with E-state index in [1.807, 2.05) is 44.2 Å². The molecule has 164 valence electrons. The van der Waals surface area contributed by atoms with Gasteiger partial charge in [0.05, 0.1) is 13.2 Å². The zero-order valence-corrected chi connectivity index (χ0v) is 18.4. The molecule has 1 atom stereocenters. The molecule has 0 heterocycles. The van der Waals surface area contributed by atoms with Crippen molar-refractivity contribution in [3.05, 3.63) is 64.7 Å². The van der Waals surface area contributed by atoms with Crippen LogP contribution in [-0.4, -0.2) is 38.0 Å². The standard InChI is InChI=1S/C25H30N2O4/c1-4-30-23(28)15-17-6-7-18-8-9-20(16-21(18)14-17)25(29)27(3)22-12-10-19(11-13-22)24(26)31-5-2/h8-13,16-17,26H,4-7,14-15H2,1-3H3. The Hall–Kier alpha value is -3.15. The van der Waals surface area contributed by atoms with Gasteiger partial charge in [-0.3, -0.25) is 15.0 Å². The maximum absolute atomic E-state index is 13.1. The Morgan fingerprint density at radius 3 is 2.35 bits per heavy atom. The van der Waals surface area contributed by atoms with Gasteiger partial charge in [0.15, 0.2) is 0 Å². The number of rotatable bonds is 7. The first kappa shape index (κ1) is 22.5. The van der Waals surface area contributed by atoms with Crippen molar-refractivity contribution >= 4 is 23.5 Å². The van der Waals surface area contributed by atoms with E-state index in [-0.39, 0.29) is 23.7 Å². The van der Waals surface area contributed by atoms with Gasteiger partial charge in [-0.2, -0.15) is 0 Å². The molecule has 0 bridgehead atoms. The number of hydrogen-bond donors (Lipinski definition) is 1. The normalized spacial score (nSPS) is 15.0. The summed E-state index contributed by atoms with van der Waals surface area (Å²) in [5.41, 5.74) is 4.44. The summed E-state index contributed by atoms with van der Waals surface area (Å²) in [7, 11) is 1.74. The summed E-state index contributed by atoms with van der Waals surface area (Å²) in [6.45, 7) is 4.50. The third kappa shape index (κ3) is 5.51. The average molecular weight is 423 g/mol. The second-order valence-electron chi connectivity index (χ2n) is 7.77. The fourth-order valence-electron chi connectivity index (χ4n) is 3.97. The molecular weight excluding hydrogens is 392 g/mol. The number of anilines is 1. The summed E-state index contributed by atoms with van der Waals surface area (Å²) in [6.07, 6.45) is 3.08. The van der Waals surface area contributed by atoms with E-state index in [0.29, 0.717) is 30.8 Å². The molecular formula is C25H30N2O4. The number of nitrogens with one attached hydrogen (secondary N) is 1. The number of fused-ring (bicyclic) bond motifs is 1. The fourth-order valence-corrected chi connectivity index (χ4v) is 3.97. The second-order valence-corrected chi connectivity index (χ2v) is 7.77. The molecule has 3 rings (SSSR count). The van der Waals surface area contributed by atoms with Crippen LogP contribution in [0.15, 0.2) is 42.5 Å². The zero-order valence-electron chi connectivity index (χ0n) is 18.4. The summed E-state index contributed by atoms with van der Waals surface area (Å²) in [4.78, 5) is 26.5. The predicted octanol–water partition coefficient (Wildman–Crippen LogP) is 4.38. The Morgan fingerprint density at radius 2 is 1.68 bits per heavy atom. The molecule has 2 aromatic carbocycles. The van der Waals surface area contributed by atoms with E-state index >= 15 is 0 Å². The van der Waals surface area contributed by atoms with Crippen LogP contribution in [0.1, 0.15) is 53.7 Å². The van der Waals surface area contributed by atoms with Crippen molar-refractivity contribution < 1.29 is 19.1 Å². The van der Waals surface area contributed by atoms with Crippen molar-refractivity contribution in [2.24, 2.45) is 5.92 Å². The molecule has 1 N–H and O–H groups in total. The van der Waals surface area contributed by atoms with Gasteiger partial charge in [-0.15, -0.1) is 0 Å². The van der Waals surface area contributed by atoms with E-state index in [9.17, 15) is 9.59 Å². The summed E-state index contributed by atoms with van der Waals surface area (Å²) in [5.74, 6) is 0.129. The number of amides is 1. The van der Waals surface area contributed by atoms with Gasteiger partial charge < -0.3 is 14.4 Å². The summed E-state index contributed by atoms with van der Waals surface area (Å²) in [6, 6.07) is 13.1. The number of esters is 1. The van der Waals surface area contributed by atoms with Crippen LogP contribution >= 0.6 is 0 Å². The number of benzene rings is 2. The van der Waals surface area contributed by atoms with Gasteiger partial charge in [-0.1, -0.05) is 6.07 Å². The lowest BCUT2D eigenvalue weighted by molar-refractivity contribution is -0.144. The molecule has 0 spiro atoms. The maximum Gasteiger partial charge on any atom is 0.306 e. The Morgan fingerprint density at radius 1 is 1.00 bits per heavy atom. The number of aryl methyl sites for hydroxylation is 1. The van der Waals surface area contributed by atoms with E-state index in [0.717, 1.165) is 30.5 Å². The van der Waals surface area contributed by atoms with Crippen LogP contribution in [0.4, 0.5) is 5.69 Å². The molecule has 0 fully saturated rings. The van der Waals surface area contributed by atoms with E-state index in [2.05, 4.69) is 0 Å². The molecule has 1 amide bonds. The smallest absolute Gasteiger partial charge is 0.306 e.